The summed E-state index contributed by atoms with van der Waals surface area (Å²) in [7, 11) is 0. The van der Waals surface area contributed by atoms with Crippen molar-refractivity contribution in [1.29, 1.82) is 0 Å². The van der Waals surface area contributed by atoms with Gasteiger partial charge in [0.1, 0.15) is 23.6 Å². The minimum Gasteiger partial charge on any atom is -0.493 e. The molecule has 0 spiro atoms. The quantitative estimate of drug-likeness (QED) is 0.488. The third kappa shape index (κ3) is 4.84. The normalized spacial score (nSPS) is 11.9. The molecule has 1 N–H and O–H groups in total. The summed E-state index contributed by atoms with van der Waals surface area (Å²) >= 11 is 0. The minimum atomic E-state index is -0.658. The van der Waals surface area contributed by atoms with Crippen molar-refractivity contribution >= 4 is 5.91 Å². The van der Waals surface area contributed by atoms with Gasteiger partial charge in [0.25, 0.3) is 5.91 Å². The number of para-hydroxylation sites is 1. The van der Waals surface area contributed by atoms with Crippen molar-refractivity contribution in [3.8, 4) is 17.2 Å². The molecule has 158 valence electrons. The molecule has 30 heavy (non-hydrogen) atoms. The van der Waals surface area contributed by atoms with Gasteiger partial charge in [-0.1, -0.05) is 25.5 Å². The van der Waals surface area contributed by atoms with Gasteiger partial charge in [0.05, 0.1) is 18.2 Å². The van der Waals surface area contributed by atoms with E-state index in [2.05, 4.69) is 17.2 Å². The Kier molecular flexibility index (Phi) is 6.82. The highest BCUT2D eigenvalue weighted by Crippen LogP contribution is 2.29. The Hall–Kier alpha value is -3.22. The van der Waals surface area contributed by atoms with Crippen LogP contribution in [0.1, 0.15) is 54.3 Å². The van der Waals surface area contributed by atoms with Gasteiger partial charge in [0.2, 0.25) is 5.89 Å². The third-order valence-electron chi connectivity index (χ3n) is 4.76. The Morgan fingerprint density at radius 2 is 1.93 bits per heavy atom. The third-order valence-corrected chi connectivity index (χ3v) is 4.76. The van der Waals surface area contributed by atoms with Gasteiger partial charge in [0.15, 0.2) is 5.69 Å². The van der Waals surface area contributed by atoms with Gasteiger partial charge >= 0.3 is 0 Å². The van der Waals surface area contributed by atoms with Crippen LogP contribution >= 0.6 is 0 Å². The fourth-order valence-corrected chi connectivity index (χ4v) is 2.87. The molecule has 0 aliphatic carbocycles. The second kappa shape index (κ2) is 9.52. The highest BCUT2D eigenvalue weighted by atomic mass is 19.1. The summed E-state index contributed by atoms with van der Waals surface area (Å²) in [5.74, 6) is -0.946. The molecule has 0 saturated carbocycles. The van der Waals surface area contributed by atoms with E-state index in [1.165, 1.54) is 25.3 Å². The van der Waals surface area contributed by atoms with Gasteiger partial charge in [-0.15, -0.1) is 0 Å². The highest BCUT2D eigenvalue weighted by molar-refractivity contribution is 5.92. The Labute approximate surface area is 174 Å². The summed E-state index contributed by atoms with van der Waals surface area (Å²) in [5, 5.41) is 2.68. The summed E-state index contributed by atoms with van der Waals surface area (Å²) < 4.78 is 38.9. The maximum Gasteiger partial charge on any atom is 0.273 e. The van der Waals surface area contributed by atoms with Crippen LogP contribution in [-0.4, -0.2) is 17.5 Å². The van der Waals surface area contributed by atoms with E-state index >= 15 is 0 Å². The number of rotatable bonds is 8. The van der Waals surface area contributed by atoms with Gasteiger partial charge in [-0.05, 0) is 50.1 Å². The molecular formula is C23H24F2N2O3. The van der Waals surface area contributed by atoms with Crippen molar-refractivity contribution < 1.29 is 22.7 Å². The molecule has 7 heteroatoms. The standard InChI is InChI=1S/C23H24F2N2O3/c1-4-5-10-29-21-9-7-6-8-17(21)23-27-20(13-30-23)22(28)26-15(3)16-11-18(24)14(2)19(25)12-16/h6-9,11-13,15H,4-5,10H2,1-3H3,(H,26,28). The van der Waals surface area contributed by atoms with Gasteiger partial charge in [-0.2, -0.15) is 0 Å². The fraction of sp³-hybridized carbons (Fsp3) is 0.304. The Morgan fingerprint density at radius 3 is 2.63 bits per heavy atom. The predicted molar refractivity (Wildman–Crippen MR) is 109 cm³/mol. The predicted octanol–water partition coefficient (Wildman–Crippen LogP) is 5.60. The number of nitrogens with zero attached hydrogens (tertiary/aromatic N) is 1. The molecule has 1 atom stereocenters. The molecule has 3 rings (SSSR count). The maximum atomic E-state index is 13.8. The van der Waals surface area contributed by atoms with E-state index < -0.39 is 23.6 Å². The number of oxazole rings is 1. The lowest BCUT2D eigenvalue weighted by molar-refractivity contribution is 0.0934. The van der Waals surface area contributed by atoms with Gasteiger partial charge < -0.3 is 14.5 Å². The Morgan fingerprint density at radius 1 is 1.23 bits per heavy atom. The van der Waals surface area contributed by atoms with Gasteiger partial charge in [0, 0.05) is 5.56 Å². The topological polar surface area (TPSA) is 64.4 Å². The molecule has 0 radical (unpaired) electrons. The van der Waals surface area contributed by atoms with Crippen molar-refractivity contribution in [2.24, 2.45) is 0 Å². The molecule has 1 unspecified atom stereocenters. The Balaban J connectivity index is 1.74. The number of aromatic nitrogens is 1. The summed E-state index contributed by atoms with van der Waals surface area (Å²) in [6.07, 6.45) is 3.18. The van der Waals surface area contributed by atoms with E-state index in [-0.39, 0.29) is 17.1 Å². The van der Waals surface area contributed by atoms with Crippen LogP contribution in [-0.2, 0) is 0 Å². The molecule has 2 aromatic carbocycles. The number of unbranched alkanes of at least 4 members (excludes halogenated alkanes) is 1. The molecule has 1 aromatic heterocycles. The number of carbonyl (C=O) groups excluding carboxylic acids is 1. The van der Waals surface area contributed by atoms with Crippen molar-refractivity contribution in [3.05, 3.63) is 71.1 Å². The highest BCUT2D eigenvalue weighted by Gasteiger charge is 2.19. The molecule has 0 bridgehead atoms. The molecule has 1 heterocycles. The van der Waals surface area contributed by atoms with E-state index in [9.17, 15) is 13.6 Å². The lowest BCUT2D eigenvalue weighted by Gasteiger charge is -2.14. The van der Waals surface area contributed by atoms with Crippen molar-refractivity contribution in [2.75, 3.05) is 6.61 Å². The summed E-state index contributed by atoms with van der Waals surface area (Å²) in [5.41, 5.74) is 0.970. The van der Waals surface area contributed by atoms with Crippen LogP contribution in [0.25, 0.3) is 11.5 Å². The van der Waals surface area contributed by atoms with Crippen LogP contribution < -0.4 is 10.1 Å². The van der Waals surface area contributed by atoms with Crippen molar-refractivity contribution in [2.45, 2.75) is 39.7 Å². The number of hydrogen-bond acceptors (Lipinski definition) is 4. The van der Waals surface area contributed by atoms with E-state index in [0.29, 0.717) is 23.5 Å². The number of benzene rings is 2. The van der Waals surface area contributed by atoms with Gasteiger partial charge in [-0.25, -0.2) is 13.8 Å². The molecule has 5 nitrogen and oxygen atoms in total. The molecular weight excluding hydrogens is 390 g/mol. The lowest BCUT2D eigenvalue weighted by Crippen LogP contribution is -2.27. The summed E-state index contributed by atoms with van der Waals surface area (Å²) in [6.45, 7) is 5.65. The molecule has 0 fully saturated rings. The van der Waals surface area contributed by atoms with E-state index in [1.54, 1.807) is 13.0 Å². The van der Waals surface area contributed by atoms with Gasteiger partial charge in [-0.3, -0.25) is 4.79 Å². The van der Waals surface area contributed by atoms with Crippen LogP contribution in [0.3, 0.4) is 0 Å². The number of carbonyl (C=O) groups is 1. The number of halogens is 2. The molecule has 0 aliphatic rings. The number of hydrogen-bond donors (Lipinski definition) is 1. The average Bonchev–Trinajstić information content (AvgIpc) is 3.22. The molecule has 0 aliphatic heterocycles. The zero-order valence-electron chi connectivity index (χ0n) is 17.2. The van der Waals surface area contributed by atoms with Crippen LogP contribution in [0.5, 0.6) is 5.75 Å². The minimum absolute atomic E-state index is 0.0572. The first-order chi connectivity index (χ1) is 14.4. The van der Waals surface area contributed by atoms with Crippen LogP contribution in [0.4, 0.5) is 8.78 Å². The van der Waals surface area contributed by atoms with Crippen LogP contribution in [0.2, 0.25) is 0 Å². The smallest absolute Gasteiger partial charge is 0.273 e. The Bertz CT molecular complexity index is 1010. The summed E-state index contributed by atoms with van der Waals surface area (Å²) in [6, 6.07) is 9.10. The van der Waals surface area contributed by atoms with Crippen molar-refractivity contribution in [3.63, 3.8) is 0 Å². The molecule has 1 amide bonds. The maximum absolute atomic E-state index is 13.8. The number of ether oxygens (including phenoxy) is 1. The lowest BCUT2D eigenvalue weighted by atomic mass is 10.1. The van der Waals surface area contributed by atoms with E-state index in [1.807, 2.05) is 18.2 Å². The average molecular weight is 414 g/mol. The van der Waals surface area contributed by atoms with Crippen LogP contribution in [0.15, 0.2) is 47.1 Å². The second-order valence-corrected chi connectivity index (χ2v) is 7.04. The largest absolute Gasteiger partial charge is 0.493 e. The monoisotopic (exact) mass is 414 g/mol. The van der Waals surface area contributed by atoms with E-state index in [4.69, 9.17) is 9.15 Å². The SMILES string of the molecule is CCCCOc1ccccc1-c1nc(C(=O)NC(C)c2cc(F)c(C)c(F)c2)co1. The van der Waals surface area contributed by atoms with Crippen molar-refractivity contribution in [1.82, 2.24) is 10.3 Å². The molecule has 3 aromatic rings. The molecule has 0 saturated heterocycles. The zero-order chi connectivity index (χ0) is 21.7. The number of nitrogens with one attached hydrogen (secondary N) is 1. The van der Waals surface area contributed by atoms with E-state index in [0.717, 1.165) is 12.8 Å². The fourth-order valence-electron chi connectivity index (χ4n) is 2.87. The second-order valence-electron chi connectivity index (χ2n) is 7.04. The first kappa shape index (κ1) is 21.5. The first-order valence-corrected chi connectivity index (χ1v) is 9.84. The number of amides is 1. The summed E-state index contributed by atoms with van der Waals surface area (Å²) in [4.78, 5) is 16.8. The first-order valence-electron chi connectivity index (χ1n) is 9.84. The van der Waals surface area contributed by atoms with Crippen LogP contribution in [0, 0.1) is 18.6 Å². The zero-order valence-corrected chi connectivity index (χ0v) is 17.2.